The molecular weight excluding hydrogens is 326 g/mol. The molecule has 2 aromatic rings. The lowest BCUT2D eigenvalue weighted by Crippen LogP contribution is -2.44. The van der Waals surface area contributed by atoms with E-state index in [4.69, 9.17) is 4.42 Å². The van der Waals surface area contributed by atoms with Gasteiger partial charge in [-0.15, -0.1) is 0 Å². The SMILES string of the molecule is Cc1cccc(C#C[C@]2(O)CCCC3CN(C(=O)c4ccco4)CC32)c1. The number of fused-ring (bicyclic) bond motifs is 1. The number of furan rings is 1. The number of benzene rings is 1. The molecule has 1 aliphatic carbocycles. The number of hydrogen-bond donors (Lipinski definition) is 1. The van der Waals surface area contributed by atoms with Crippen LogP contribution in [0.5, 0.6) is 0 Å². The van der Waals surface area contributed by atoms with Crippen LogP contribution in [0.15, 0.2) is 47.1 Å². The van der Waals surface area contributed by atoms with E-state index >= 15 is 0 Å². The van der Waals surface area contributed by atoms with Gasteiger partial charge >= 0.3 is 0 Å². The third kappa shape index (κ3) is 3.15. The molecule has 4 heteroatoms. The van der Waals surface area contributed by atoms with Crippen LogP contribution in [0.25, 0.3) is 0 Å². The maximum absolute atomic E-state index is 12.6. The highest BCUT2D eigenvalue weighted by atomic mass is 16.3. The summed E-state index contributed by atoms with van der Waals surface area (Å²) in [5.41, 5.74) is 1.04. The van der Waals surface area contributed by atoms with Crippen LogP contribution in [0.2, 0.25) is 0 Å². The summed E-state index contributed by atoms with van der Waals surface area (Å²) < 4.78 is 5.25. The molecule has 2 unspecified atom stereocenters. The smallest absolute Gasteiger partial charge is 0.289 e. The Labute approximate surface area is 153 Å². The van der Waals surface area contributed by atoms with E-state index in [1.165, 1.54) is 6.26 Å². The molecule has 26 heavy (non-hydrogen) atoms. The fraction of sp³-hybridized carbons (Fsp3) is 0.409. The minimum Gasteiger partial charge on any atom is -0.459 e. The second-order valence-corrected chi connectivity index (χ2v) is 7.49. The molecule has 0 spiro atoms. The molecule has 1 aromatic heterocycles. The second-order valence-electron chi connectivity index (χ2n) is 7.49. The van der Waals surface area contributed by atoms with Gasteiger partial charge in [0.1, 0.15) is 5.60 Å². The van der Waals surface area contributed by atoms with E-state index in [-0.39, 0.29) is 11.8 Å². The average molecular weight is 349 g/mol. The molecule has 1 N–H and O–H groups in total. The summed E-state index contributed by atoms with van der Waals surface area (Å²) in [7, 11) is 0. The van der Waals surface area contributed by atoms with E-state index in [9.17, 15) is 9.90 Å². The lowest BCUT2D eigenvalue weighted by atomic mass is 9.71. The molecule has 1 aromatic carbocycles. The van der Waals surface area contributed by atoms with Crippen LogP contribution >= 0.6 is 0 Å². The van der Waals surface area contributed by atoms with E-state index in [0.717, 1.165) is 24.0 Å². The predicted octanol–water partition coefficient (Wildman–Crippen LogP) is 3.24. The second kappa shape index (κ2) is 6.66. The summed E-state index contributed by atoms with van der Waals surface area (Å²) in [6.07, 6.45) is 4.14. The van der Waals surface area contributed by atoms with Crippen LogP contribution in [-0.4, -0.2) is 34.6 Å². The van der Waals surface area contributed by atoms with Crippen LogP contribution in [-0.2, 0) is 0 Å². The van der Waals surface area contributed by atoms with Gasteiger partial charge in [0.2, 0.25) is 0 Å². The molecule has 1 amide bonds. The molecule has 2 aliphatic rings. The Morgan fingerprint density at radius 2 is 2.19 bits per heavy atom. The molecule has 1 aliphatic heterocycles. The van der Waals surface area contributed by atoms with Gasteiger partial charge in [-0.1, -0.05) is 24.0 Å². The van der Waals surface area contributed by atoms with E-state index in [1.807, 2.05) is 31.2 Å². The Kier molecular flexibility index (Phi) is 4.34. The normalized spacial score (nSPS) is 27.5. The number of carbonyl (C=O) groups excluding carboxylic acids is 1. The van der Waals surface area contributed by atoms with Gasteiger partial charge in [-0.3, -0.25) is 4.79 Å². The lowest BCUT2D eigenvalue weighted by molar-refractivity contribution is -0.00782. The first-order valence-corrected chi connectivity index (χ1v) is 9.20. The molecule has 0 radical (unpaired) electrons. The van der Waals surface area contributed by atoms with E-state index in [1.54, 1.807) is 17.0 Å². The molecular formula is C22H23NO3. The van der Waals surface area contributed by atoms with Crippen molar-refractivity contribution in [2.45, 2.75) is 31.8 Å². The highest BCUT2D eigenvalue weighted by Gasteiger charge is 2.49. The topological polar surface area (TPSA) is 53.7 Å². The molecule has 2 fully saturated rings. The van der Waals surface area contributed by atoms with Crippen molar-refractivity contribution in [3.63, 3.8) is 0 Å². The number of likely N-dealkylation sites (tertiary alicyclic amines) is 1. The van der Waals surface area contributed by atoms with Crippen LogP contribution < -0.4 is 0 Å². The summed E-state index contributed by atoms with van der Waals surface area (Å²) in [6, 6.07) is 11.4. The first-order valence-electron chi connectivity index (χ1n) is 9.20. The highest BCUT2D eigenvalue weighted by molar-refractivity contribution is 5.91. The molecule has 4 rings (SSSR count). The Bertz CT molecular complexity index is 861. The molecule has 1 saturated heterocycles. The van der Waals surface area contributed by atoms with E-state index in [2.05, 4.69) is 11.8 Å². The zero-order chi connectivity index (χ0) is 18.1. The van der Waals surface area contributed by atoms with Crippen molar-refractivity contribution < 1.29 is 14.3 Å². The van der Waals surface area contributed by atoms with Gasteiger partial charge in [0.15, 0.2) is 5.76 Å². The third-order valence-corrected chi connectivity index (χ3v) is 5.65. The predicted molar refractivity (Wildman–Crippen MR) is 98.4 cm³/mol. The summed E-state index contributed by atoms with van der Waals surface area (Å²) in [5, 5.41) is 11.3. The number of amides is 1. The quantitative estimate of drug-likeness (QED) is 0.804. The summed E-state index contributed by atoms with van der Waals surface area (Å²) >= 11 is 0. The molecule has 2 heterocycles. The largest absolute Gasteiger partial charge is 0.459 e. The number of rotatable bonds is 1. The first kappa shape index (κ1) is 16.9. The zero-order valence-electron chi connectivity index (χ0n) is 14.9. The van der Waals surface area contributed by atoms with Gasteiger partial charge < -0.3 is 14.4 Å². The molecule has 134 valence electrons. The summed E-state index contributed by atoms with van der Waals surface area (Å²) in [5.74, 6) is 6.85. The number of aryl methyl sites for hydroxylation is 1. The van der Waals surface area contributed by atoms with Crippen molar-refractivity contribution in [1.82, 2.24) is 4.90 Å². The summed E-state index contributed by atoms with van der Waals surface area (Å²) in [4.78, 5) is 14.4. The van der Waals surface area contributed by atoms with Crippen LogP contribution in [0.1, 0.15) is 40.9 Å². The summed E-state index contributed by atoms with van der Waals surface area (Å²) in [6.45, 7) is 3.23. The maximum Gasteiger partial charge on any atom is 0.289 e. The van der Waals surface area contributed by atoms with Crippen LogP contribution in [0.4, 0.5) is 0 Å². The molecule has 3 atom stereocenters. The maximum atomic E-state index is 12.6. The highest BCUT2D eigenvalue weighted by Crippen LogP contribution is 2.42. The van der Waals surface area contributed by atoms with Gasteiger partial charge in [0, 0.05) is 24.6 Å². The standard InChI is InChI=1S/C22H23NO3/c1-16-5-2-6-17(13-16)9-11-22(25)10-3-7-18-14-23(15-19(18)22)21(24)20-8-4-12-26-20/h2,4-6,8,12-13,18-19,25H,3,7,10,14-15H2,1H3/t18?,19?,22-/m1/s1. The van der Waals surface area contributed by atoms with E-state index < -0.39 is 5.60 Å². The average Bonchev–Trinajstić information content (AvgIpc) is 3.30. The lowest BCUT2D eigenvalue weighted by Gasteiger charge is -2.37. The van der Waals surface area contributed by atoms with Crippen molar-refractivity contribution in [3.8, 4) is 11.8 Å². The van der Waals surface area contributed by atoms with Gasteiger partial charge in [0.25, 0.3) is 5.91 Å². The van der Waals surface area contributed by atoms with Crippen molar-refractivity contribution >= 4 is 5.91 Å². The fourth-order valence-electron chi connectivity index (χ4n) is 4.30. The number of nitrogens with zero attached hydrogens (tertiary/aromatic N) is 1. The molecule has 1 saturated carbocycles. The fourth-order valence-corrected chi connectivity index (χ4v) is 4.30. The molecule has 4 nitrogen and oxygen atoms in total. The van der Waals surface area contributed by atoms with Crippen LogP contribution in [0.3, 0.4) is 0 Å². The Balaban J connectivity index is 1.56. The monoisotopic (exact) mass is 349 g/mol. The van der Waals surface area contributed by atoms with Gasteiger partial charge in [0.05, 0.1) is 6.26 Å². The zero-order valence-corrected chi connectivity index (χ0v) is 14.9. The Hall–Kier alpha value is -2.51. The minimum absolute atomic E-state index is 0.00697. The van der Waals surface area contributed by atoms with Crippen molar-refractivity contribution in [2.24, 2.45) is 11.8 Å². The van der Waals surface area contributed by atoms with E-state index in [0.29, 0.717) is 31.2 Å². The Morgan fingerprint density at radius 3 is 2.96 bits per heavy atom. The Morgan fingerprint density at radius 1 is 1.31 bits per heavy atom. The minimum atomic E-state index is -1.04. The third-order valence-electron chi connectivity index (χ3n) is 5.65. The molecule has 0 bridgehead atoms. The van der Waals surface area contributed by atoms with Crippen molar-refractivity contribution in [2.75, 3.05) is 13.1 Å². The van der Waals surface area contributed by atoms with Gasteiger partial charge in [-0.2, -0.15) is 0 Å². The van der Waals surface area contributed by atoms with Gasteiger partial charge in [-0.05, 0) is 61.9 Å². The number of carbonyl (C=O) groups is 1. The van der Waals surface area contributed by atoms with Crippen LogP contribution in [0, 0.1) is 30.6 Å². The number of aliphatic hydroxyl groups is 1. The van der Waals surface area contributed by atoms with Gasteiger partial charge in [-0.25, -0.2) is 0 Å². The first-order chi connectivity index (χ1) is 12.5. The van der Waals surface area contributed by atoms with Crippen molar-refractivity contribution in [3.05, 3.63) is 59.5 Å². The number of hydrogen-bond acceptors (Lipinski definition) is 3. The van der Waals surface area contributed by atoms with Crippen molar-refractivity contribution in [1.29, 1.82) is 0 Å².